The summed E-state index contributed by atoms with van der Waals surface area (Å²) < 4.78 is 1.03. The summed E-state index contributed by atoms with van der Waals surface area (Å²) >= 11 is 1.59. The maximum atomic E-state index is 13.8. The molecule has 4 aromatic rings. The Kier molecular flexibility index (Phi) is 6.54. The van der Waals surface area contributed by atoms with Crippen molar-refractivity contribution in [3.63, 3.8) is 0 Å². The van der Waals surface area contributed by atoms with Crippen molar-refractivity contribution in [1.82, 2.24) is 14.9 Å². The van der Waals surface area contributed by atoms with E-state index in [0.717, 1.165) is 52.3 Å². The minimum Gasteiger partial charge on any atom is -0.371 e. The van der Waals surface area contributed by atoms with Crippen LogP contribution in [0, 0.1) is 12.8 Å². The Balaban J connectivity index is 1.09. The minimum absolute atomic E-state index is 0.0533. The maximum Gasteiger partial charge on any atom is 0.268 e. The molecule has 3 aliphatic heterocycles. The fraction of sp³-hybridized carbons (Fsp3) is 0.344. The van der Waals surface area contributed by atoms with Gasteiger partial charge < -0.3 is 9.80 Å². The van der Waals surface area contributed by atoms with Crippen LogP contribution in [0.25, 0.3) is 10.2 Å². The van der Waals surface area contributed by atoms with Crippen LogP contribution in [0.4, 0.5) is 11.4 Å². The molecule has 0 bridgehead atoms. The van der Waals surface area contributed by atoms with Crippen molar-refractivity contribution < 1.29 is 14.4 Å². The van der Waals surface area contributed by atoms with E-state index in [-0.39, 0.29) is 29.7 Å². The van der Waals surface area contributed by atoms with Gasteiger partial charge in [0.25, 0.3) is 11.8 Å². The molecule has 7 rings (SSSR count). The quantitative estimate of drug-likeness (QED) is 0.292. The van der Waals surface area contributed by atoms with Gasteiger partial charge in [-0.15, -0.1) is 11.3 Å². The van der Waals surface area contributed by atoms with Crippen LogP contribution in [-0.4, -0.2) is 52.2 Å². The number of pyridine rings is 1. The molecule has 0 aliphatic carbocycles. The number of anilines is 2. The molecule has 208 valence electrons. The highest BCUT2D eigenvalue weighted by molar-refractivity contribution is 7.18. The summed E-state index contributed by atoms with van der Waals surface area (Å²) in [4.78, 5) is 55.3. The molecule has 3 aliphatic rings. The number of aromatic nitrogens is 2. The number of carbonyl (C=O) groups is 3. The molecule has 0 saturated carbocycles. The van der Waals surface area contributed by atoms with E-state index in [1.807, 2.05) is 49.5 Å². The zero-order valence-corrected chi connectivity index (χ0v) is 23.8. The fourth-order valence-electron chi connectivity index (χ4n) is 6.65. The Labute approximate surface area is 242 Å². The average molecular weight is 566 g/mol. The number of fused-ring (bicyclic) bond motifs is 2. The highest BCUT2D eigenvalue weighted by Crippen LogP contribution is 2.38. The molecular weight excluding hydrogens is 534 g/mol. The van der Waals surface area contributed by atoms with Crippen molar-refractivity contribution in [2.45, 2.75) is 45.1 Å². The lowest BCUT2D eigenvalue weighted by Crippen LogP contribution is -2.46. The van der Waals surface area contributed by atoms with Gasteiger partial charge in [0, 0.05) is 37.9 Å². The van der Waals surface area contributed by atoms with Gasteiger partial charge in [-0.05, 0) is 81.0 Å². The molecule has 2 aromatic carbocycles. The third-order valence-corrected chi connectivity index (χ3v) is 9.62. The number of hydrogen-bond acceptors (Lipinski definition) is 7. The average Bonchev–Trinajstić information content (AvgIpc) is 3.52. The molecule has 2 saturated heterocycles. The predicted molar refractivity (Wildman–Crippen MR) is 159 cm³/mol. The molecule has 41 heavy (non-hydrogen) atoms. The van der Waals surface area contributed by atoms with Gasteiger partial charge >= 0.3 is 0 Å². The molecule has 2 aromatic heterocycles. The van der Waals surface area contributed by atoms with Gasteiger partial charge in [0.2, 0.25) is 5.91 Å². The van der Waals surface area contributed by atoms with E-state index in [2.05, 4.69) is 25.8 Å². The Hall–Kier alpha value is -4.11. The maximum absolute atomic E-state index is 13.8. The molecule has 8 nitrogen and oxygen atoms in total. The SMILES string of the molecule is Cc1nc2cc(N3C(=O)c4cccc(N5CCC(C(=O)N6CCCCC6c6cccnc6)CC5)c4C3=O)ccc2s1. The number of aryl methyl sites for hydroxylation is 1. The molecule has 2 fully saturated rings. The van der Waals surface area contributed by atoms with Crippen LogP contribution in [0.1, 0.15) is 69.4 Å². The number of nitrogens with zero attached hydrogens (tertiary/aromatic N) is 5. The van der Waals surface area contributed by atoms with Crippen molar-refractivity contribution in [2.24, 2.45) is 5.92 Å². The molecule has 0 N–H and O–H groups in total. The van der Waals surface area contributed by atoms with Crippen molar-refractivity contribution in [1.29, 1.82) is 0 Å². The van der Waals surface area contributed by atoms with Gasteiger partial charge in [-0.3, -0.25) is 19.4 Å². The first kappa shape index (κ1) is 25.8. The van der Waals surface area contributed by atoms with Gasteiger partial charge in [0.15, 0.2) is 0 Å². The standard InChI is InChI=1S/C32H31N5O3S/c1-20-34-25-18-23(10-11-28(25)41-20)37-31(39)24-7-4-9-27(29(24)32(37)40)35-16-12-21(13-17-35)30(38)36-15-3-2-8-26(36)22-6-5-14-33-19-22/h4-7,9-11,14,18-19,21,26H,2-3,8,12-13,15-17H2,1H3. The molecule has 1 atom stereocenters. The Morgan fingerprint density at radius 2 is 1.80 bits per heavy atom. The first-order valence-corrected chi connectivity index (χ1v) is 15.2. The Bertz CT molecular complexity index is 1660. The second-order valence-corrected chi connectivity index (χ2v) is 12.4. The summed E-state index contributed by atoms with van der Waals surface area (Å²) in [6.07, 6.45) is 8.18. The zero-order chi connectivity index (χ0) is 28.1. The molecule has 1 unspecified atom stereocenters. The third kappa shape index (κ3) is 4.48. The number of thiazole rings is 1. The molecule has 5 heterocycles. The van der Waals surface area contributed by atoms with Gasteiger partial charge in [-0.25, -0.2) is 9.88 Å². The van der Waals surface area contributed by atoms with Gasteiger partial charge in [0.1, 0.15) is 0 Å². The van der Waals surface area contributed by atoms with Crippen molar-refractivity contribution in [3.05, 3.63) is 82.6 Å². The summed E-state index contributed by atoms with van der Waals surface area (Å²) in [6.45, 7) is 4.04. The number of rotatable bonds is 4. The lowest BCUT2D eigenvalue weighted by atomic mass is 9.90. The molecule has 3 amide bonds. The van der Waals surface area contributed by atoms with Gasteiger partial charge in [-0.2, -0.15) is 0 Å². The van der Waals surface area contributed by atoms with Crippen molar-refractivity contribution in [2.75, 3.05) is 29.4 Å². The second-order valence-electron chi connectivity index (χ2n) is 11.1. The van der Waals surface area contributed by atoms with E-state index in [9.17, 15) is 14.4 Å². The molecule has 9 heteroatoms. The van der Waals surface area contributed by atoms with Crippen LogP contribution in [0.3, 0.4) is 0 Å². The number of hydrogen-bond donors (Lipinski definition) is 0. The van der Waals surface area contributed by atoms with Crippen molar-refractivity contribution >= 4 is 50.6 Å². The summed E-state index contributed by atoms with van der Waals surface area (Å²) in [6, 6.07) is 15.1. The smallest absolute Gasteiger partial charge is 0.268 e. The first-order chi connectivity index (χ1) is 20.0. The van der Waals surface area contributed by atoms with Crippen LogP contribution in [0.5, 0.6) is 0 Å². The van der Waals surface area contributed by atoms with Gasteiger partial charge in [0.05, 0.1) is 43.8 Å². The minimum atomic E-state index is -0.310. The van der Waals surface area contributed by atoms with Crippen LogP contribution in [0.15, 0.2) is 60.9 Å². The topological polar surface area (TPSA) is 86.7 Å². The van der Waals surface area contributed by atoms with Gasteiger partial charge in [-0.1, -0.05) is 12.1 Å². The van der Waals surface area contributed by atoms with Crippen LogP contribution < -0.4 is 9.80 Å². The Morgan fingerprint density at radius 1 is 0.951 bits per heavy atom. The number of piperidine rings is 2. The van der Waals surface area contributed by atoms with Crippen LogP contribution in [0.2, 0.25) is 0 Å². The van der Waals surface area contributed by atoms with E-state index in [1.165, 1.54) is 4.90 Å². The van der Waals surface area contributed by atoms with Crippen molar-refractivity contribution in [3.8, 4) is 0 Å². The number of likely N-dealkylation sites (tertiary alicyclic amines) is 1. The summed E-state index contributed by atoms with van der Waals surface area (Å²) in [5, 5.41) is 0.941. The summed E-state index contributed by atoms with van der Waals surface area (Å²) in [7, 11) is 0. The Morgan fingerprint density at radius 3 is 2.61 bits per heavy atom. The highest BCUT2D eigenvalue weighted by atomic mass is 32.1. The highest BCUT2D eigenvalue weighted by Gasteiger charge is 2.41. The lowest BCUT2D eigenvalue weighted by molar-refractivity contribution is -0.140. The van der Waals surface area contributed by atoms with E-state index < -0.39 is 0 Å². The van der Waals surface area contributed by atoms with Crippen LogP contribution in [-0.2, 0) is 4.79 Å². The van der Waals surface area contributed by atoms with Crippen LogP contribution >= 0.6 is 11.3 Å². The molecular formula is C32H31N5O3S. The third-order valence-electron chi connectivity index (χ3n) is 8.67. The number of imide groups is 1. The van der Waals surface area contributed by atoms with E-state index in [4.69, 9.17) is 0 Å². The molecule has 0 radical (unpaired) electrons. The predicted octanol–water partition coefficient (Wildman–Crippen LogP) is 5.77. The summed E-state index contributed by atoms with van der Waals surface area (Å²) in [5.74, 6) is -0.448. The summed E-state index contributed by atoms with van der Waals surface area (Å²) in [5.41, 5.74) is 4.07. The second kappa shape index (κ2) is 10.4. The van der Waals surface area contributed by atoms with E-state index in [0.29, 0.717) is 42.7 Å². The first-order valence-electron chi connectivity index (χ1n) is 14.3. The number of carbonyl (C=O) groups excluding carboxylic acids is 3. The number of amides is 3. The van der Waals surface area contributed by atoms with E-state index in [1.54, 1.807) is 23.6 Å². The lowest BCUT2D eigenvalue weighted by Gasteiger charge is -2.40. The molecule has 0 spiro atoms. The largest absolute Gasteiger partial charge is 0.371 e. The normalized spacial score (nSPS) is 19.7. The number of benzene rings is 2. The zero-order valence-electron chi connectivity index (χ0n) is 23.0. The monoisotopic (exact) mass is 565 g/mol. The fourth-order valence-corrected chi connectivity index (χ4v) is 7.46. The van der Waals surface area contributed by atoms with E-state index >= 15 is 0 Å².